The van der Waals surface area contributed by atoms with Crippen molar-refractivity contribution >= 4 is 0 Å². The first-order valence-electron chi connectivity index (χ1n) is 10.0. The monoisotopic (exact) mass is 408 g/mol. The summed E-state index contributed by atoms with van der Waals surface area (Å²) in [7, 11) is 0. The van der Waals surface area contributed by atoms with Gasteiger partial charge in [0.1, 0.15) is 11.4 Å². The van der Waals surface area contributed by atoms with Crippen LogP contribution in [-0.4, -0.2) is 24.6 Å². The molecule has 6 nitrogen and oxygen atoms in total. The largest absolute Gasteiger partial charge is 0.508 e. The molecule has 31 heavy (non-hydrogen) atoms. The van der Waals surface area contributed by atoms with Crippen molar-refractivity contribution in [1.29, 1.82) is 0 Å². The minimum atomic E-state index is -0.137. The third-order valence-electron chi connectivity index (χ3n) is 5.27. The highest BCUT2D eigenvalue weighted by Crippen LogP contribution is 2.23. The second-order valence-electron chi connectivity index (χ2n) is 7.45. The van der Waals surface area contributed by atoms with Crippen LogP contribution in [0.1, 0.15) is 22.5 Å². The SMILES string of the molecule is O=c1c(Cc2ccc(O)cc2)nc2c(Cc3ccccc3)[nH]c(-c3ccncc3)cn1-2. The van der Waals surface area contributed by atoms with Crippen molar-refractivity contribution in [2.75, 3.05) is 0 Å². The van der Waals surface area contributed by atoms with E-state index in [0.29, 0.717) is 24.4 Å². The average molecular weight is 408 g/mol. The lowest BCUT2D eigenvalue weighted by Crippen LogP contribution is -2.17. The summed E-state index contributed by atoms with van der Waals surface area (Å²) in [5.74, 6) is 0.822. The van der Waals surface area contributed by atoms with Crippen molar-refractivity contribution in [1.82, 2.24) is 19.5 Å². The van der Waals surface area contributed by atoms with E-state index in [1.54, 1.807) is 47.4 Å². The molecular weight excluding hydrogens is 388 g/mol. The Kier molecular flexibility index (Phi) is 4.80. The molecule has 0 bridgehead atoms. The fraction of sp³-hybridized carbons (Fsp3) is 0.0800. The first-order chi connectivity index (χ1) is 15.2. The van der Waals surface area contributed by atoms with E-state index in [1.165, 1.54) is 0 Å². The maximum Gasteiger partial charge on any atom is 0.278 e. The predicted molar refractivity (Wildman–Crippen MR) is 119 cm³/mol. The van der Waals surface area contributed by atoms with Gasteiger partial charge >= 0.3 is 0 Å². The van der Waals surface area contributed by atoms with Crippen LogP contribution in [0.3, 0.4) is 0 Å². The lowest BCUT2D eigenvalue weighted by molar-refractivity contribution is 0.475. The van der Waals surface area contributed by atoms with Gasteiger partial charge in [0.25, 0.3) is 5.56 Å². The van der Waals surface area contributed by atoms with Crippen molar-refractivity contribution in [3.05, 3.63) is 118 Å². The van der Waals surface area contributed by atoms with E-state index in [4.69, 9.17) is 4.98 Å². The summed E-state index contributed by atoms with van der Waals surface area (Å²) in [6.45, 7) is 0. The van der Waals surface area contributed by atoms with Gasteiger partial charge in [-0.15, -0.1) is 0 Å². The van der Waals surface area contributed by atoms with Gasteiger partial charge in [0.2, 0.25) is 0 Å². The van der Waals surface area contributed by atoms with Crippen LogP contribution in [0.4, 0.5) is 0 Å². The van der Waals surface area contributed by atoms with E-state index in [1.807, 2.05) is 30.3 Å². The summed E-state index contributed by atoms with van der Waals surface area (Å²) in [4.78, 5) is 25.5. The van der Waals surface area contributed by atoms with Gasteiger partial charge in [-0.05, 0) is 35.4 Å². The molecule has 0 radical (unpaired) electrons. The van der Waals surface area contributed by atoms with E-state index in [-0.39, 0.29) is 11.3 Å². The van der Waals surface area contributed by atoms with E-state index in [9.17, 15) is 9.90 Å². The lowest BCUT2D eigenvalue weighted by Gasteiger charge is -2.13. The second-order valence-corrected chi connectivity index (χ2v) is 7.45. The van der Waals surface area contributed by atoms with Crippen LogP contribution in [0.25, 0.3) is 17.1 Å². The molecule has 2 N–H and O–H groups in total. The standard InChI is InChI=1S/C25H20N4O2/c30-20-8-6-18(7-9-20)15-22-25(31)29-16-23(19-10-12-26-13-11-19)27-21(24(29)28-22)14-17-4-2-1-3-5-17/h1-13,16,27,30H,14-15H2. The van der Waals surface area contributed by atoms with Gasteiger partial charge in [-0.2, -0.15) is 0 Å². The third kappa shape index (κ3) is 3.83. The van der Waals surface area contributed by atoms with Crippen LogP contribution in [0, 0.1) is 0 Å². The zero-order valence-corrected chi connectivity index (χ0v) is 16.7. The molecule has 2 aliphatic rings. The molecule has 0 aliphatic carbocycles. The maximum absolute atomic E-state index is 13.2. The number of aromatic amines is 1. The number of benzene rings is 2. The van der Waals surface area contributed by atoms with Gasteiger partial charge in [-0.25, -0.2) is 4.98 Å². The molecule has 1 aromatic heterocycles. The minimum Gasteiger partial charge on any atom is -0.508 e. The number of nitrogens with one attached hydrogen (secondary N) is 1. The molecule has 0 spiro atoms. The fourth-order valence-corrected chi connectivity index (χ4v) is 3.70. The molecule has 0 fully saturated rings. The quantitative estimate of drug-likeness (QED) is 0.461. The van der Waals surface area contributed by atoms with Crippen LogP contribution in [0.15, 0.2) is 90.1 Å². The van der Waals surface area contributed by atoms with Crippen molar-refractivity contribution in [2.24, 2.45) is 0 Å². The average Bonchev–Trinajstić information content (AvgIpc) is 3.12. The molecule has 0 saturated heterocycles. The van der Waals surface area contributed by atoms with Gasteiger partial charge < -0.3 is 10.1 Å². The molecule has 5 rings (SSSR count). The van der Waals surface area contributed by atoms with E-state index in [0.717, 1.165) is 28.1 Å². The number of hydrogen-bond acceptors (Lipinski definition) is 4. The fourth-order valence-electron chi connectivity index (χ4n) is 3.70. The van der Waals surface area contributed by atoms with Crippen molar-refractivity contribution in [2.45, 2.75) is 12.8 Å². The van der Waals surface area contributed by atoms with Crippen molar-refractivity contribution < 1.29 is 5.11 Å². The highest BCUT2D eigenvalue weighted by atomic mass is 16.3. The number of aromatic nitrogens is 4. The molecule has 0 saturated carbocycles. The molecule has 152 valence electrons. The number of imidazole rings is 1. The molecule has 0 amide bonds. The number of pyridine rings is 1. The summed E-state index contributed by atoms with van der Waals surface area (Å²) in [6, 6.07) is 20.8. The molecule has 3 heterocycles. The molecular formula is C25H20N4O2. The molecule has 2 aromatic carbocycles. The number of aromatic hydroxyl groups is 1. The zero-order valence-electron chi connectivity index (χ0n) is 16.7. The van der Waals surface area contributed by atoms with E-state index >= 15 is 0 Å². The van der Waals surface area contributed by atoms with Crippen LogP contribution >= 0.6 is 0 Å². The Morgan fingerprint density at radius 1 is 0.871 bits per heavy atom. The lowest BCUT2D eigenvalue weighted by atomic mass is 10.1. The van der Waals surface area contributed by atoms with Gasteiger partial charge in [-0.1, -0.05) is 42.5 Å². The number of fused-ring (bicyclic) bond motifs is 1. The highest BCUT2D eigenvalue weighted by Gasteiger charge is 2.20. The first kappa shape index (κ1) is 18.8. The number of phenolic OH excluding ortho intramolecular Hbond substituents is 1. The molecule has 0 atom stereocenters. The number of H-pyrrole nitrogens is 1. The van der Waals surface area contributed by atoms with E-state index in [2.05, 4.69) is 22.1 Å². The second kappa shape index (κ2) is 7.91. The van der Waals surface area contributed by atoms with Gasteiger partial charge in [0, 0.05) is 37.0 Å². The van der Waals surface area contributed by atoms with Gasteiger partial charge in [0.05, 0.1) is 11.4 Å². The topological polar surface area (TPSA) is 83.8 Å². The number of nitrogens with zero attached hydrogens (tertiary/aromatic N) is 3. The normalized spacial score (nSPS) is 11.1. The minimum absolute atomic E-state index is 0.137. The van der Waals surface area contributed by atoms with Crippen LogP contribution in [0.5, 0.6) is 5.75 Å². The molecule has 3 aromatic rings. The maximum atomic E-state index is 13.2. The smallest absolute Gasteiger partial charge is 0.278 e. The molecule has 6 heteroatoms. The Morgan fingerprint density at radius 2 is 1.58 bits per heavy atom. The van der Waals surface area contributed by atoms with Crippen LogP contribution in [-0.2, 0) is 12.8 Å². The van der Waals surface area contributed by atoms with Gasteiger partial charge in [0.15, 0.2) is 5.82 Å². The van der Waals surface area contributed by atoms with Crippen LogP contribution in [0.2, 0.25) is 0 Å². The zero-order chi connectivity index (χ0) is 21.2. The number of hydrogen-bond donors (Lipinski definition) is 2. The summed E-state index contributed by atoms with van der Waals surface area (Å²) in [5.41, 5.74) is 5.02. The summed E-state index contributed by atoms with van der Waals surface area (Å²) in [5, 5.41) is 9.52. The summed E-state index contributed by atoms with van der Waals surface area (Å²) < 4.78 is 1.63. The van der Waals surface area contributed by atoms with E-state index < -0.39 is 0 Å². The van der Waals surface area contributed by atoms with Crippen molar-refractivity contribution in [3.8, 4) is 22.8 Å². The Balaban J connectivity index is 1.63. The predicted octanol–water partition coefficient (Wildman–Crippen LogP) is 3.95. The summed E-state index contributed by atoms with van der Waals surface area (Å²) in [6.07, 6.45) is 6.28. The number of phenols is 1. The Morgan fingerprint density at radius 3 is 2.32 bits per heavy atom. The summed E-state index contributed by atoms with van der Waals surface area (Å²) >= 11 is 0. The third-order valence-corrected chi connectivity index (χ3v) is 5.27. The Bertz CT molecular complexity index is 1340. The molecule has 2 aliphatic heterocycles. The Labute approximate surface area is 178 Å². The van der Waals surface area contributed by atoms with Crippen molar-refractivity contribution in [3.63, 3.8) is 0 Å². The number of rotatable bonds is 5. The Hall–Kier alpha value is -4.19. The molecule has 0 unspecified atom stereocenters. The van der Waals surface area contributed by atoms with Crippen LogP contribution < -0.4 is 5.56 Å². The highest BCUT2D eigenvalue weighted by molar-refractivity contribution is 5.59. The van der Waals surface area contributed by atoms with Gasteiger partial charge in [-0.3, -0.25) is 14.3 Å². The first-order valence-corrected chi connectivity index (χ1v) is 10.0.